The highest BCUT2D eigenvalue weighted by Crippen LogP contribution is 2.46. The summed E-state index contributed by atoms with van der Waals surface area (Å²) in [5.41, 5.74) is 8.93. The summed E-state index contributed by atoms with van der Waals surface area (Å²) in [6.45, 7) is -1.19. The van der Waals surface area contributed by atoms with Crippen molar-refractivity contribution in [3.8, 4) is 29.1 Å². The van der Waals surface area contributed by atoms with Gasteiger partial charge in [-0.1, -0.05) is 24.3 Å². The van der Waals surface area contributed by atoms with Crippen molar-refractivity contribution in [3.63, 3.8) is 0 Å². The number of ether oxygens (including phenoxy) is 3. The van der Waals surface area contributed by atoms with Gasteiger partial charge in [-0.15, -0.1) is 0 Å². The monoisotopic (exact) mass is 424 g/mol. The molecular weight excluding hydrogens is 406 g/mol. The third-order valence-electron chi connectivity index (χ3n) is 4.97. The zero-order chi connectivity index (χ0) is 22.1. The number of aromatic nitrogens is 2. The molecule has 2 N–H and O–H groups in total. The number of rotatable bonds is 5. The summed E-state index contributed by atoms with van der Waals surface area (Å²) in [5, 5.41) is 14.4. The molecule has 1 aliphatic rings. The van der Waals surface area contributed by atoms with Gasteiger partial charge < -0.3 is 19.9 Å². The second-order valence-corrected chi connectivity index (χ2v) is 6.77. The van der Waals surface area contributed by atoms with Gasteiger partial charge in [-0.3, -0.25) is 0 Å². The van der Waals surface area contributed by atoms with Crippen LogP contribution in [0.3, 0.4) is 0 Å². The Kier molecular flexibility index (Phi) is 5.21. The number of hydrogen-bond acceptors (Lipinski definition) is 6. The molecule has 0 amide bonds. The minimum atomic E-state index is -2.99. The summed E-state index contributed by atoms with van der Waals surface area (Å²) < 4.78 is 42.6. The van der Waals surface area contributed by atoms with E-state index in [1.165, 1.54) is 13.2 Å². The van der Waals surface area contributed by atoms with E-state index in [0.29, 0.717) is 22.7 Å². The van der Waals surface area contributed by atoms with Crippen LogP contribution in [0.1, 0.15) is 22.7 Å². The van der Waals surface area contributed by atoms with Crippen molar-refractivity contribution in [1.29, 1.82) is 5.26 Å². The number of nitrogens with zero attached hydrogens (tertiary/aromatic N) is 3. The van der Waals surface area contributed by atoms with Crippen molar-refractivity contribution >= 4 is 0 Å². The molecule has 2 aromatic carbocycles. The van der Waals surface area contributed by atoms with Gasteiger partial charge in [0, 0.05) is 0 Å². The van der Waals surface area contributed by atoms with E-state index in [9.17, 15) is 14.0 Å². The minimum Gasteiger partial charge on any atom is -0.493 e. The van der Waals surface area contributed by atoms with E-state index < -0.39 is 12.5 Å². The third kappa shape index (κ3) is 3.53. The molecule has 31 heavy (non-hydrogen) atoms. The Morgan fingerprint density at radius 1 is 1.19 bits per heavy atom. The molecule has 7 nitrogen and oxygen atoms in total. The Labute approximate surface area is 176 Å². The van der Waals surface area contributed by atoms with Gasteiger partial charge in [-0.05, 0) is 36.8 Å². The molecule has 4 rings (SSSR count). The molecule has 0 bridgehead atoms. The molecule has 0 saturated carbocycles. The number of alkyl halides is 2. The maximum absolute atomic E-state index is 12.7. The Bertz CT molecular complexity index is 1200. The standard InChI is InChI=1S/C22H18F2N4O3/c1-12-18-19(13-8-9-16(30-22(23)24)17(10-13)29-2)15(11-25)20(26)31-21(18)28(27-12)14-6-4-3-5-7-14/h3-10,19,22H,26H2,1-2H3/t19-/m1/s1. The van der Waals surface area contributed by atoms with Gasteiger partial charge in [0.15, 0.2) is 11.5 Å². The highest BCUT2D eigenvalue weighted by molar-refractivity contribution is 5.59. The van der Waals surface area contributed by atoms with E-state index in [1.807, 2.05) is 30.3 Å². The van der Waals surface area contributed by atoms with E-state index in [1.54, 1.807) is 23.7 Å². The number of para-hydroxylation sites is 1. The third-order valence-corrected chi connectivity index (χ3v) is 4.97. The highest BCUT2D eigenvalue weighted by atomic mass is 19.3. The fraction of sp³-hybridized carbons (Fsp3) is 0.182. The number of allylic oxidation sites excluding steroid dienone is 1. The van der Waals surface area contributed by atoms with Crippen molar-refractivity contribution in [3.05, 3.63) is 76.8 Å². The number of methoxy groups -OCH3 is 1. The molecule has 1 aromatic heterocycles. The number of nitrogens with two attached hydrogens (primary N) is 1. The molecule has 1 aliphatic heterocycles. The fourth-order valence-electron chi connectivity index (χ4n) is 3.65. The van der Waals surface area contributed by atoms with Gasteiger partial charge in [0.2, 0.25) is 11.8 Å². The largest absolute Gasteiger partial charge is 0.493 e. The topological polar surface area (TPSA) is 95.3 Å². The zero-order valence-electron chi connectivity index (χ0n) is 16.7. The quantitative estimate of drug-likeness (QED) is 0.665. The average Bonchev–Trinajstić information content (AvgIpc) is 3.09. The van der Waals surface area contributed by atoms with Crippen LogP contribution >= 0.6 is 0 Å². The second kappa shape index (κ2) is 7.99. The summed E-state index contributed by atoms with van der Waals surface area (Å²) in [6, 6.07) is 16.0. The average molecular weight is 424 g/mol. The lowest BCUT2D eigenvalue weighted by Gasteiger charge is -2.25. The highest BCUT2D eigenvalue weighted by Gasteiger charge is 2.36. The number of benzene rings is 2. The van der Waals surface area contributed by atoms with Crippen molar-refractivity contribution < 1.29 is 23.0 Å². The van der Waals surface area contributed by atoms with Crippen molar-refractivity contribution in [2.45, 2.75) is 19.5 Å². The number of nitriles is 1. The summed E-state index contributed by atoms with van der Waals surface area (Å²) in [4.78, 5) is 0. The lowest BCUT2D eigenvalue weighted by atomic mass is 9.84. The van der Waals surface area contributed by atoms with Gasteiger partial charge in [-0.2, -0.15) is 19.1 Å². The van der Waals surface area contributed by atoms with Crippen LogP contribution in [0.25, 0.3) is 5.69 Å². The lowest BCUT2D eigenvalue weighted by molar-refractivity contribution is -0.0512. The molecule has 158 valence electrons. The van der Waals surface area contributed by atoms with Gasteiger partial charge in [0.1, 0.15) is 11.6 Å². The first kappa shape index (κ1) is 20.2. The van der Waals surface area contributed by atoms with E-state index in [4.69, 9.17) is 15.2 Å². The number of aryl methyl sites for hydroxylation is 1. The van der Waals surface area contributed by atoms with Crippen LogP contribution in [-0.4, -0.2) is 23.5 Å². The van der Waals surface area contributed by atoms with Gasteiger partial charge in [-0.25, -0.2) is 4.68 Å². The molecule has 0 unspecified atom stereocenters. The predicted molar refractivity (Wildman–Crippen MR) is 107 cm³/mol. The van der Waals surface area contributed by atoms with Crippen molar-refractivity contribution in [2.24, 2.45) is 5.73 Å². The molecule has 0 aliphatic carbocycles. The zero-order valence-corrected chi connectivity index (χ0v) is 16.7. The molecule has 1 atom stereocenters. The molecule has 0 radical (unpaired) electrons. The maximum atomic E-state index is 12.7. The van der Waals surface area contributed by atoms with E-state index >= 15 is 0 Å². The number of halogens is 2. The van der Waals surface area contributed by atoms with Crippen LogP contribution < -0.4 is 19.9 Å². The van der Waals surface area contributed by atoms with Crippen LogP contribution in [0.5, 0.6) is 17.4 Å². The minimum absolute atomic E-state index is 0.0519. The first-order valence-corrected chi connectivity index (χ1v) is 9.29. The summed E-state index contributed by atoms with van der Waals surface area (Å²) in [5.74, 6) is -0.294. The molecule has 2 heterocycles. The molecular formula is C22H18F2N4O3. The van der Waals surface area contributed by atoms with Gasteiger partial charge >= 0.3 is 6.61 Å². The van der Waals surface area contributed by atoms with Gasteiger partial charge in [0.05, 0.1) is 30.0 Å². The Morgan fingerprint density at radius 2 is 1.94 bits per heavy atom. The first-order chi connectivity index (χ1) is 14.9. The maximum Gasteiger partial charge on any atom is 0.387 e. The number of hydrogen-bond donors (Lipinski definition) is 1. The molecule has 9 heteroatoms. The van der Waals surface area contributed by atoms with E-state index in [-0.39, 0.29) is 23.0 Å². The van der Waals surface area contributed by atoms with Crippen LogP contribution in [0.2, 0.25) is 0 Å². The van der Waals surface area contributed by atoms with Crippen LogP contribution in [0.4, 0.5) is 8.78 Å². The van der Waals surface area contributed by atoms with E-state index in [0.717, 1.165) is 5.69 Å². The van der Waals surface area contributed by atoms with E-state index in [2.05, 4.69) is 15.9 Å². The Balaban J connectivity index is 1.89. The van der Waals surface area contributed by atoms with Crippen LogP contribution in [-0.2, 0) is 0 Å². The summed E-state index contributed by atoms with van der Waals surface area (Å²) >= 11 is 0. The summed E-state index contributed by atoms with van der Waals surface area (Å²) in [6.07, 6.45) is 0. The predicted octanol–water partition coefficient (Wildman–Crippen LogP) is 4.01. The molecule has 3 aromatic rings. The van der Waals surface area contributed by atoms with Crippen LogP contribution in [0, 0.1) is 18.3 Å². The van der Waals surface area contributed by atoms with Crippen molar-refractivity contribution in [1.82, 2.24) is 9.78 Å². The lowest BCUT2D eigenvalue weighted by Crippen LogP contribution is -2.22. The molecule has 0 fully saturated rings. The molecule has 0 spiro atoms. The smallest absolute Gasteiger partial charge is 0.387 e. The molecule has 0 saturated heterocycles. The fourth-order valence-corrected chi connectivity index (χ4v) is 3.65. The Hall–Kier alpha value is -4.06. The van der Waals surface area contributed by atoms with Crippen molar-refractivity contribution in [2.75, 3.05) is 7.11 Å². The van der Waals surface area contributed by atoms with Gasteiger partial charge in [0.25, 0.3) is 0 Å². The summed E-state index contributed by atoms with van der Waals surface area (Å²) in [7, 11) is 1.35. The van der Waals surface area contributed by atoms with Crippen LogP contribution in [0.15, 0.2) is 60.0 Å². The first-order valence-electron chi connectivity index (χ1n) is 9.29. The second-order valence-electron chi connectivity index (χ2n) is 6.77. The Morgan fingerprint density at radius 3 is 2.58 bits per heavy atom. The number of fused-ring (bicyclic) bond motifs is 1. The normalized spacial score (nSPS) is 15.3. The SMILES string of the molecule is COc1cc([C@@H]2C(C#N)=C(N)Oc3c2c(C)nn3-c2ccccc2)ccc1OC(F)F.